The van der Waals surface area contributed by atoms with Crippen LogP contribution in [0.2, 0.25) is 0 Å². The Bertz CT molecular complexity index is 520. The number of halogens is 1. The Balaban J connectivity index is 2.58. The van der Waals surface area contributed by atoms with Gasteiger partial charge < -0.3 is 15.0 Å². The van der Waals surface area contributed by atoms with Crippen LogP contribution in [0.25, 0.3) is 0 Å². The van der Waals surface area contributed by atoms with Gasteiger partial charge in [0, 0.05) is 50.3 Å². The summed E-state index contributed by atoms with van der Waals surface area (Å²) in [5.41, 5.74) is 1.83. The highest BCUT2D eigenvalue weighted by Crippen LogP contribution is 2.24. The van der Waals surface area contributed by atoms with Crippen LogP contribution in [-0.4, -0.2) is 38.6 Å². The third-order valence-corrected chi connectivity index (χ3v) is 3.73. The average molecular weight is 371 g/mol. The summed E-state index contributed by atoms with van der Waals surface area (Å²) in [5, 5.41) is 2.82. The summed E-state index contributed by atoms with van der Waals surface area (Å²) in [4.78, 5) is 25.3. The first kappa shape index (κ1) is 18.6. The van der Waals surface area contributed by atoms with Gasteiger partial charge in [-0.15, -0.1) is 0 Å². The third kappa shape index (κ3) is 6.15. The molecular formula is C16H23BrN2O3. The molecule has 0 bridgehead atoms. The van der Waals surface area contributed by atoms with Crippen molar-refractivity contribution in [3.8, 4) is 0 Å². The molecule has 22 heavy (non-hydrogen) atoms. The molecule has 0 radical (unpaired) electrons. The number of amides is 2. The number of hydrogen-bond acceptors (Lipinski definition) is 3. The minimum atomic E-state index is -0.0717. The molecule has 0 aliphatic carbocycles. The van der Waals surface area contributed by atoms with Gasteiger partial charge in [-0.3, -0.25) is 9.59 Å². The molecule has 5 nitrogen and oxygen atoms in total. The molecule has 1 aromatic rings. The molecule has 0 heterocycles. The number of ether oxygens (including phenoxy) is 1. The van der Waals surface area contributed by atoms with Crippen LogP contribution in [0.5, 0.6) is 0 Å². The molecule has 0 spiro atoms. The summed E-state index contributed by atoms with van der Waals surface area (Å²) in [5.74, 6) is -0.130. The van der Waals surface area contributed by atoms with Crippen LogP contribution in [-0.2, 0) is 14.3 Å². The summed E-state index contributed by atoms with van der Waals surface area (Å²) in [6.45, 7) is 5.04. The van der Waals surface area contributed by atoms with Crippen molar-refractivity contribution in [3.05, 3.63) is 28.2 Å². The molecule has 0 saturated carbocycles. The van der Waals surface area contributed by atoms with Crippen molar-refractivity contribution in [1.29, 1.82) is 0 Å². The van der Waals surface area contributed by atoms with Gasteiger partial charge in [-0.2, -0.15) is 0 Å². The maximum absolute atomic E-state index is 11.9. The summed E-state index contributed by atoms with van der Waals surface area (Å²) in [6, 6.07) is 5.73. The molecule has 1 aromatic carbocycles. The van der Waals surface area contributed by atoms with Crippen LogP contribution in [0.4, 0.5) is 5.69 Å². The maximum atomic E-state index is 11.9. The Hall–Kier alpha value is -1.40. The van der Waals surface area contributed by atoms with Gasteiger partial charge >= 0.3 is 0 Å². The molecule has 0 unspecified atom stereocenters. The predicted molar refractivity (Wildman–Crippen MR) is 91.0 cm³/mol. The summed E-state index contributed by atoms with van der Waals surface area (Å²) < 4.78 is 5.89. The van der Waals surface area contributed by atoms with Crippen molar-refractivity contribution in [2.45, 2.75) is 26.7 Å². The van der Waals surface area contributed by atoms with E-state index in [1.807, 2.05) is 25.1 Å². The molecule has 0 aliphatic rings. The topological polar surface area (TPSA) is 58.6 Å². The highest BCUT2D eigenvalue weighted by molar-refractivity contribution is 9.10. The van der Waals surface area contributed by atoms with E-state index in [1.54, 1.807) is 12.0 Å². The molecular weight excluding hydrogens is 348 g/mol. The number of rotatable bonds is 8. The molecule has 6 heteroatoms. The number of hydrogen-bond donors (Lipinski definition) is 1. The summed E-state index contributed by atoms with van der Waals surface area (Å²) >= 11 is 3.41. The molecule has 0 aliphatic heterocycles. The van der Waals surface area contributed by atoms with Crippen molar-refractivity contribution in [2.24, 2.45) is 0 Å². The zero-order chi connectivity index (χ0) is 16.5. The van der Waals surface area contributed by atoms with Crippen LogP contribution in [0, 0.1) is 6.92 Å². The highest BCUT2D eigenvalue weighted by atomic mass is 79.9. The summed E-state index contributed by atoms with van der Waals surface area (Å²) in [7, 11) is 1.63. The first-order valence-electron chi connectivity index (χ1n) is 7.25. The Morgan fingerprint density at radius 3 is 2.68 bits per heavy atom. The second-order valence-electron chi connectivity index (χ2n) is 5.05. The Kier molecular flexibility index (Phi) is 8.12. The molecule has 1 rings (SSSR count). The lowest BCUT2D eigenvalue weighted by molar-refractivity contribution is -0.121. The second kappa shape index (κ2) is 9.58. The number of carbonyl (C=O) groups excluding carboxylic acids is 2. The van der Waals surface area contributed by atoms with E-state index < -0.39 is 0 Å². The largest absolute Gasteiger partial charge is 0.385 e. The van der Waals surface area contributed by atoms with Crippen molar-refractivity contribution in [2.75, 3.05) is 31.7 Å². The fourth-order valence-corrected chi connectivity index (χ4v) is 2.59. The van der Waals surface area contributed by atoms with E-state index in [1.165, 1.54) is 6.92 Å². The fourth-order valence-electron chi connectivity index (χ4n) is 2.12. The van der Waals surface area contributed by atoms with Gasteiger partial charge in [-0.1, -0.05) is 15.9 Å². The lowest BCUT2D eigenvalue weighted by Gasteiger charge is -2.23. The van der Waals surface area contributed by atoms with Crippen molar-refractivity contribution >= 4 is 33.4 Å². The standard InChI is InChI=1S/C16H23BrN2O3/c1-12-11-14(17)5-6-15(12)19(13(2)20)9-7-16(21)18-8-4-10-22-3/h5-6,11H,4,7-10H2,1-3H3,(H,18,21). The normalized spacial score (nSPS) is 10.4. The quantitative estimate of drug-likeness (QED) is 0.715. The van der Waals surface area contributed by atoms with Gasteiger partial charge in [0.1, 0.15) is 0 Å². The van der Waals surface area contributed by atoms with Crippen LogP contribution in [0.3, 0.4) is 0 Å². The van der Waals surface area contributed by atoms with Crippen molar-refractivity contribution in [3.63, 3.8) is 0 Å². The van der Waals surface area contributed by atoms with E-state index in [0.717, 1.165) is 22.1 Å². The van der Waals surface area contributed by atoms with E-state index in [-0.39, 0.29) is 18.2 Å². The number of methoxy groups -OCH3 is 1. The lowest BCUT2D eigenvalue weighted by Crippen LogP contribution is -2.34. The van der Waals surface area contributed by atoms with Gasteiger partial charge in [0.25, 0.3) is 0 Å². The fraction of sp³-hybridized carbons (Fsp3) is 0.500. The van der Waals surface area contributed by atoms with Crippen LogP contribution in [0.15, 0.2) is 22.7 Å². The first-order chi connectivity index (χ1) is 10.5. The molecule has 2 amide bonds. The zero-order valence-corrected chi connectivity index (χ0v) is 14.9. The first-order valence-corrected chi connectivity index (χ1v) is 8.05. The van der Waals surface area contributed by atoms with Gasteiger partial charge in [0.2, 0.25) is 11.8 Å². The zero-order valence-electron chi connectivity index (χ0n) is 13.3. The number of anilines is 1. The number of benzene rings is 1. The van der Waals surface area contributed by atoms with Crippen molar-refractivity contribution in [1.82, 2.24) is 5.32 Å². The Labute approximate surface area is 140 Å². The molecule has 0 atom stereocenters. The lowest BCUT2D eigenvalue weighted by atomic mass is 10.1. The Morgan fingerprint density at radius 1 is 1.36 bits per heavy atom. The van der Waals surface area contributed by atoms with E-state index in [9.17, 15) is 9.59 Å². The van der Waals surface area contributed by atoms with E-state index in [0.29, 0.717) is 19.7 Å². The summed E-state index contributed by atoms with van der Waals surface area (Å²) in [6.07, 6.45) is 1.06. The molecule has 122 valence electrons. The molecule has 0 saturated heterocycles. The van der Waals surface area contributed by atoms with E-state index >= 15 is 0 Å². The number of nitrogens with zero attached hydrogens (tertiary/aromatic N) is 1. The monoisotopic (exact) mass is 370 g/mol. The smallest absolute Gasteiger partial charge is 0.223 e. The van der Waals surface area contributed by atoms with Crippen LogP contribution >= 0.6 is 15.9 Å². The number of carbonyl (C=O) groups is 2. The predicted octanol–water partition coefficient (Wildman–Crippen LogP) is 2.65. The van der Waals surface area contributed by atoms with Crippen LogP contribution < -0.4 is 10.2 Å². The minimum absolute atomic E-state index is 0.0582. The van der Waals surface area contributed by atoms with Gasteiger partial charge in [0.15, 0.2) is 0 Å². The van der Waals surface area contributed by atoms with Crippen LogP contribution in [0.1, 0.15) is 25.3 Å². The van der Waals surface area contributed by atoms with Gasteiger partial charge in [-0.05, 0) is 37.1 Å². The minimum Gasteiger partial charge on any atom is -0.385 e. The molecule has 0 aromatic heterocycles. The average Bonchev–Trinajstić information content (AvgIpc) is 2.45. The number of aryl methyl sites for hydroxylation is 1. The van der Waals surface area contributed by atoms with E-state index in [4.69, 9.17) is 4.74 Å². The Morgan fingerprint density at radius 2 is 2.09 bits per heavy atom. The number of nitrogens with one attached hydrogen (secondary N) is 1. The van der Waals surface area contributed by atoms with Gasteiger partial charge in [-0.25, -0.2) is 0 Å². The highest BCUT2D eigenvalue weighted by Gasteiger charge is 2.15. The second-order valence-corrected chi connectivity index (χ2v) is 5.96. The van der Waals surface area contributed by atoms with Gasteiger partial charge in [0.05, 0.1) is 0 Å². The molecule has 0 fully saturated rings. The van der Waals surface area contributed by atoms with E-state index in [2.05, 4.69) is 21.2 Å². The SMILES string of the molecule is COCCCNC(=O)CCN(C(C)=O)c1ccc(Br)cc1C. The van der Waals surface area contributed by atoms with Crippen molar-refractivity contribution < 1.29 is 14.3 Å². The molecule has 1 N–H and O–H groups in total. The third-order valence-electron chi connectivity index (χ3n) is 3.24. The maximum Gasteiger partial charge on any atom is 0.223 e.